The van der Waals surface area contributed by atoms with Crippen molar-refractivity contribution in [2.24, 2.45) is 0 Å². The maximum absolute atomic E-state index is 12.5. The summed E-state index contributed by atoms with van der Waals surface area (Å²) in [7, 11) is 0. The molecule has 3 N–H and O–H groups in total. The van der Waals surface area contributed by atoms with Crippen LogP contribution in [0.5, 0.6) is 0 Å². The Hall–Kier alpha value is -1.92. The van der Waals surface area contributed by atoms with E-state index >= 15 is 0 Å². The highest BCUT2D eigenvalue weighted by atomic mass is 16.5. The fourth-order valence-electron chi connectivity index (χ4n) is 8.71. The number of carbonyl (C=O) groups excluding carboxylic acids is 2. The first kappa shape index (κ1) is 63.1. The van der Waals surface area contributed by atoms with Gasteiger partial charge in [0.15, 0.2) is 0 Å². The van der Waals surface area contributed by atoms with E-state index in [1.807, 2.05) is 0 Å². The van der Waals surface area contributed by atoms with E-state index in [1.54, 1.807) is 0 Å². The smallest absolute Gasteiger partial charge is 0.305 e. The molecule has 0 spiro atoms. The van der Waals surface area contributed by atoms with E-state index in [0.717, 1.165) is 83.5 Å². The molecule has 0 fully saturated rings. The zero-order chi connectivity index (χ0) is 47.2. The summed E-state index contributed by atoms with van der Waals surface area (Å²) in [5, 5.41) is 23.3. The van der Waals surface area contributed by atoms with E-state index in [1.165, 1.54) is 186 Å². The van der Waals surface area contributed by atoms with E-state index in [9.17, 15) is 19.8 Å². The molecule has 0 bridgehead atoms. The number of hydrogen-bond acceptors (Lipinski definition) is 5. The molecule has 382 valence electrons. The van der Waals surface area contributed by atoms with E-state index in [2.05, 4.69) is 55.6 Å². The number of hydrogen-bond donors (Lipinski definition) is 3. The first-order valence-electron chi connectivity index (χ1n) is 28.7. The van der Waals surface area contributed by atoms with Gasteiger partial charge in [0.1, 0.15) is 0 Å². The summed E-state index contributed by atoms with van der Waals surface area (Å²) in [6.07, 6.45) is 67.1. The van der Waals surface area contributed by atoms with E-state index in [4.69, 9.17) is 4.74 Å². The quantitative estimate of drug-likeness (QED) is 0.0321. The van der Waals surface area contributed by atoms with Crippen LogP contribution in [0.4, 0.5) is 0 Å². The van der Waals surface area contributed by atoms with Crippen molar-refractivity contribution in [1.29, 1.82) is 0 Å². The van der Waals surface area contributed by atoms with Gasteiger partial charge in [0.25, 0.3) is 0 Å². The Balaban J connectivity index is 3.51. The largest absolute Gasteiger partial charge is 0.466 e. The van der Waals surface area contributed by atoms with Gasteiger partial charge in [0, 0.05) is 12.8 Å². The lowest BCUT2D eigenvalue weighted by Gasteiger charge is -2.22. The van der Waals surface area contributed by atoms with Crippen LogP contribution in [-0.4, -0.2) is 47.4 Å². The predicted octanol–water partition coefficient (Wildman–Crippen LogP) is 17.6. The van der Waals surface area contributed by atoms with Crippen LogP contribution in [0.15, 0.2) is 36.5 Å². The van der Waals surface area contributed by atoms with Crippen LogP contribution < -0.4 is 5.32 Å². The Morgan fingerprint density at radius 3 is 1.23 bits per heavy atom. The van der Waals surface area contributed by atoms with Crippen LogP contribution in [0.3, 0.4) is 0 Å². The van der Waals surface area contributed by atoms with Crippen LogP contribution in [-0.2, 0) is 14.3 Å². The molecule has 0 aliphatic heterocycles. The summed E-state index contributed by atoms with van der Waals surface area (Å²) >= 11 is 0. The SMILES string of the molecule is CCCC/C=C\CCCCCCCC(=O)OCCCCC/C=C\C/C=C\CCCCCCCCCC(=O)NC(CO)C(O)CCCCCCCCCCCCCCCCCCCCCC. The molecular formula is C59H111NO5. The lowest BCUT2D eigenvalue weighted by Crippen LogP contribution is -2.45. The van der Waals surface area contributed by atoms with Crippen molar-refractivity contribution in [2.45, 2.75) is 315 Å². The number of amides is 1. The van der Waals surface area contributed by atoms with Crippen LogP contribution in [0, 0.1) is 0 Å². The minimum atomic E-state index is -0.676. The fraction of sp³-hybridized carbons (Fsp3) is 0.864. The van der Waals surface area contributed by atoms with Crippen LogP contribution >= 0.6 is 0 Å². The zero-order valence-electron chi connectivity index (χ0n) is 43.5. The maximum Gasteiger partial charge on any atom is 0.305 e. The molecule has 0 aliphatic rings. The molecule has 0 aliphatic carbocycles. The van der Waals surface area contributed by atoms with Crippen molar-refractivity contribution >= 4 is 11.9 Å². The summed E-state index contributed by atoms with van der Waals surface area (Å²) in [5.41, 5.74) is 0. The molecule has 6 nitrogen and oxygen atoms in total. The van der Waals surface area contributed by atoms with Gasteiger partial charge in [-0.1, -0.05) is 243 Å². The standard InChI is InChI=1S/C59H111NO5/c1-3-5-7-9-11-13-15-16-17-18-19-20-22-25-28-32-35-39-43-47-51-57(62)56(55-61)60-58(63)52-48-44-40-36-33-29-26-23-21-24-27-30-34-38-42-46-50-54-65-59(64)53-49-45-41-37-31-14-12-10-8-6-4-2/h10,12,21,24,30,34,56-57,61-62H,3-9,11,13-20,22-23,25-29,31-33,35-55H2,1-2H3,(H,60,63)/b12-10-,24-21-,34-30-. The lowest BCUT2D eigenvalue weighted by molar-refractivity contribution is -0.143. The lowest BCUT2D eigenvalue weighted by atomic mass is 10.0. The Morgan fingerprint density at radius 1 is 0.431 bits per heavy atom. The number of carbonyl (C=O) groups is 2. The van der Waals surface area contributed by atoms with Gasteiger partial charge in [-0.15, -0.1) is 0 Å². The van der Waals surface area contributed by atoms with Gasteiger partial charge in [0.2, 0.25) is 5.91 Å². The molecule has 0 aromatic carbocycles. The minimum Gasteiger partial charge on any atom is -0.466 e. The Bertz CT molecular complexity index is 1060. The van der Waals surface area contributed by atoms with Crippen molar-refractivity contribution in [3.63, 3.8) is 0 Å². The zero-order valence-corrected chi connectivity index (χ0v) is 43.5. The van der Waals surface area contributed by atoms with Crippen molar-refractivity contribution in [2.75, 3.05) is 13.2 Å². The van der Waals surface area contributed by atoms with Crippen molar-refractivity contribution in [3.8, 4) is 0 Å². The topological polar surface area (TPSA) is 95.9 Å². The van der Waals surface area contributed by atoms with Crippen molar-refractivity contribution in [3.05, 3.63) is 36.5 Å². The highest BCUT2D eigenvalue weighted by molar-refractivity contribution is 5.76. The third kappa shape index (κ3) is 51.3. The molecule has 0 saturated heterocycles. The number of allylic oxidation sites excluding steroid dienone is 6. The first-order chi connectivity index (χ1) is 32.0. The Morgan fingerprint density at radius 2 is 0.785 bits per heavy atom. The summed E-state index contributed by atoms with van der Waals surface area (Å²) in [5.74, 6) is -0.0761. The molecule has 0 heterocycles. The second kappa shape index (κ2) is 54.7. The number of aliphatic hydroxyl groups excluding tert-OH is 2. The first-order valence-corrected chi connectivity index (χ1v) is 28.7. The Labute approximate surface area is 404 Å². The van der Waals surface area contributed by atoms with E-state index in [0.29, 0.717) is 25.9 Å². The van der Waals surface area contributed by atoms with Gasteiger partial charge < -0.3 is 20.3 Å². The average molecular weight is 915 g/mol. The molecule has 2 unspecified atom stereocenters. The van der Waals surface area contributed by atoms with Gasteiger partial charge >= 0.3 is 5.97 Å². The van der Waals surface area contributed by atoms with Crippen molar-refractivity contribution < 1.29 is 24.5 Å². The minimum absolute atomic E-state index is 0.0265. The molecule has 0 saturated carbocycles. The maximum atomic E-state index is 12.5. The molecule has 65 heavy (non-hydrogen) atoms. The number of aliphatic hydroxyl groups is 2. The van der Waals surface area contributed by atoms with E-state index < -0.39 is 12.1 Å². The van der Waals surface area contributed by atoms with Gasteiger partial charge in [-0.2, -0.15) is 0 Å². The average Bonchev–Trinajstić information content (AvgIpc) is 3.31. The van der Waals surface area contributed by atoms with Gasteiger partial charge in [-0.25, -0.2) is 0 Å². The molecule has 2 atom stereocenters. The second-order valence-corrected chi connectivity index (χ2v) is 19.6. The molecule has 0 aromatic heterocycles. The highest BCUT2D eigenvalue weighted by Gasteiger charge is 2.20. The molecule has 0 radical (unpaired) electrons. The monoisotopic (exact) mass is 914 g/mol. The number of nitrogens with one attached hydrogen (secondary N) is 1. The van der Waals surface area contributed by atoms with Crippen LogP contribution in [0.2, 0.25) is 0 Å². The third-order valence-electron chi connectivity index (χ3n) is 13.2. The fourth-order valence-corrected chi connectivity index (χ4v) is 8.71. The van der Waals surface area contributed by atoms with Crippen LogP contribution in [0.25, 0.3) is 0 Å². The summed E-state index contributed by atoms with van der Waals surface area (Å²) in [4.78, 5) is 24.5. The molecule has 0 aromatic rings. The van der Waals surface area contributed by atoms with Crippen LogP contribution in [0.1, 0.15) is 303 Å². The molecule has 6 heteroatoms. The second-order valence-electron chi connectivity index (χ2n) is 19.6. The molecule has 1 amide bonds. The van der Waals surface area contributed by atoms with Crippen molar-refractivity contribution in [1.82, 2.24) is 5.32 Å². The summed E-state index contributed by atoms with van der Waals surface area (Å²) in [6.45, 7) is 4.88. The predicted molar refractivity (Wildman–Crippen MR) is 283 cm³/mol. The third-order valence-corrected chi connectivity index (χ3v) is 13.2. The number of esters is 1. The summed E-state index contributed by atoms with van der Waals surface area (Å²) < 4.78 is 5.42. The van der Waals surface area contributed by atoms with Gasteiger partial charge in [-0.05, 0) is 83.5 Å². The Kier molecular flexibility index (Phi) is 53.1. The summed E-state index contributed by atoms with van der Waals surface area (Å²) in [6, 6.07) is -0.555. The number of ether oxygens (including phenoxy) is 1. The van der Waals surface area contributed by atoms with Gasteiger partial charge in [0.05, 0.1) is 25.4 Å². The van der Waals surface area contributed by atoms with E-state index in [-0.39, 0.29) is 18.5 Å². The molecular weight excluding hydrogens is 803 g/mol. The highest BCUT2D eigenvalue weighted by Crippen LogP contribution is 2.17. The number of unbranched alkanes of at least 4 members (excludes halogenated alkanes) is 36. The molecule has 0 rings (SSSR count). The van der Waals surface area contributed by atoms with Gasteiger partial charge in [-0.3, -0.25) is 9.59 Å². The number of rotatable bonds is 53. The normalized spacial score (nSPS) is 12.9.